The maximum absolute atomic E-state index is 13.0. The second-order valence-corrected chi connectivity index (χ2v) is 7.06. The van der Waals surface area contributed by atoms with Crippen molar-refractivity contribution in [1.82, 2.24) is 0 Å². The molecule has 4 aromatic rings. The van der Waals surface area contributed by atoms with Gasteiger partial charge in [0.15, 0.2) is 11.5 Å². The van der Waals surface area contributed by atoms with Gasteiger partial charge in [0.2, 0.25) is 11.2 Å². The zero-order valence-electron chi connectivity index (χ0n) is 16.7. The number of ether oxygens (including phenoxy) is 3. The van der Waals surface area contributed by atoms with E-state index in [9.17, 15) is 9.59 Å². The molecule has 156 valence electrons. The molecule has 4 rings (SSSR count). The molecule has 1 heterocycles. The zero-order chi connectivity index (χ0) is 22.0. The quantitative estimate of drug-likeness (QED) is 0.292. The number of fused-ring (bicyclic) bond motifs is 1. The maximum Gasteiger partial charge on any atom is 0.343 e. The Hall–Kier alpha value is -3.77. The number of hydrogen-bond donors (Lipinski definition) is 0. The molecule has 1 aromatic heterocycles. The summed E-state index contributed by atoms with van der Waals surface area (Å²) in [4.78, 5) is 25.3. The van der Waals surface area contributed by atoms with Gasteiger partial charge in [-0.25, -0.2) is 4.79 Å². The molecule has 0 N–H and O–H groups in total. The monoisotopic (exact) mass is 436 g/mol. The lowest BCUT2D eigenvalue weighted by Crippen LogP contribution is -2.10. The van der Waals surface area contributed by atoms with E-state index in [1.54, 1.807) is 55.5 Å². The molecule has 0 amide bonds. The highest BCUT2D eigenvalue weighted by Gasteiger charge is 2.17. The Morgan fingerprint density at radius 1 is 0.968 bits per heavy atom. The summed E-state index contributed by atoms with van der Waals surface area (Å²) in [6.45, 7) is 1.62. The van der Waals surface area contributed by atoms with Crippen molar-refractivity contribution in [2.45, 2.75) is 6.92 Å². The summed E-state index contributed by atoms with van der Waals surface area (Å²) < 4.78 is 22.3. The number of esters is 1. The van der Waals surface area contributed by atoms with E-state index >= 15 is 0 Å². The number of carbonyl (C=O) groups excluding carboxylic acids is 1. The fraction of sp³-hybridized carbons (Fsp3) is 0.0833. The molecule has 0 saturated carbocycles. The van der Waals surface area contributed by atoms with Gasteiger partial charge in [0.1, 0.15) is 17.1 Å². The van der Waals surface area contributed by atoms with Gasteiger partial charge >= 0.3 is 5.97 Å². The molecule has 0 unspecified atom stereocenters. The highest BCUT2D eigenvalue weighted by atomic mass is 35.5. The lowest BCUT2D eigenvalue weighted by Gasteiger charge is -2.12. The first kappa shape index (κ1) is 20.5. The maximum atomic E-state index is 13.0. The van der Waals surface area contributed by atoms with Crippen molar-refractivity contribution in [3.8, 4) is 23.0 Å². The van der Waals surface area contributed by atoms with Gasteiger partial charge in [0.25, 0.3) is 0 Å². The van der Waals surface area contributed by atoms with Crippen molar-refractivity contribution in [2.75, 3.05) is 7.11 Å². The van der Waals surface area contributed by atoms with Crippen LogP contribution in [0.15, 0.2) is 75.9 Å². The Bertz CT molecular complexity index is 1320. The Kier molecular flexibility index (Phi) is 5.64. The summed E-state index contributed by atoms with van der Waals surface area (Å²) >= 11 is 5.84. The predicted octanol–water partition coefficient (Wildman–Crippen LogP) is 5.77. The van der Waals surface area contributed by atoms with Crippen molar-refractivity contribution in [3.63, 3.8) is 0 Å². The van der Waals surface area contributed by atoms with Gasteiger partial charge in [-0.15, -0.1) is 0 Å². The highest BCUT2D eigenvalue weighted by molar-refractivity contribution is 6.30. The van der Waals surface area contributed by atoms with Crippen LogP contribution in [0.1, 0.15) is 16.1 Å². The Morgan fingerprint density at radius 3 is 2.39 bits per heavy atom. The Labute approximate surface area is 182 Å². The lowest BCUT2D eigenvalue weighted by molar-refractivity contribution is 0.0735. The molecule has 7 heteroatoms. The van der Waals surface area contributed by atoms with E-state index in [1.807, 2.05) is 0 Å². The van der Waals surface area contributed by atoms with Crippen LogP contribution in [0.5, 0.6) is 23.0 Å². The second kappa shape index (κ2) is 8.53. The van der Waals surface area contributed by atoms with Gasteiger partial charge in [-0.05, 0) is 55.5 Å². The van der Waals surface area contributed by atoms with Crippen molar-refractivity contribution in [2.24, 2.45) is 0 Å². The van der Waals surface area contributed by atoms with Crippen LogP contribution in [0.25, 0.3) is 11.0 Å². The fourth-order valence-corrected chi connectivity index (χ4v) is 3.14. The Morgan fingerprint density at radius 2 is 1.68 bits per heavy atom. The van der Waals surface area contributed by atoms with E-state index in [-0.39, 0.29) is 28.3 Å². The van der Waals surface area contributed by atoms with Crippen LogP contribution >= 0.6 is 11.6 Å². The minimum atomic E-state index is -0.550. The largest absolute Gasteiger partial charge is 0.493 e. The predicted molar refractivity (Wildman–Crippen MR) is 117 cm³/mol. The van der Waals surface area contributed by atoms with Gasteiger partial charge in [0, 0.05) is 11.1 Å². The smallest absolute Gasteiger partial charge is 0.343 e. The number of hydrogen-bond acceptors (Lipinski definition) is 6. The molecule has 0 spiro atoms. The molecule has 0 saturated heterocycles. The molecule has 0 atom stereocenters. The molecule has 0 bridgehead atoms. The van der Waals surface area contributed by atoms with Crippen LogP contribution in [0, 0.1) is 6.92 Å². The van der Waals surface area contributed by atoms with Crippen molar-refractivity contribution in [3.05, 3.63) is 93.3 Å². The van der Waals surface area contributed by atoms with Gasteiger partial charge in [-0.2, -0.15) is 0 Å². The molecule has 0 aliphatic rings. The van der Waals surface area contributed by atoms with Crippen LogP contribution < -0.4 is 19.6 Å². The normalized spacial score (nSPS) is 10.7. The number of methoxy groups -OCH3 is 1. The number of aryl methyl sites for hydroxylation is 1. The lowest BCUT2D eigenvalue weighted by atomic mass is 10.2. The third kappa shape index (κ3) is 4.25. The molecular weight excluding hydrogens is 420 g/mol. The molecule has 6 nitrogen and oxygen atoms in total. The van der Waals surface area contributed by atoms with Crippen LogP contribution in [0.4, 0.5) is 0 Å². The number of para-hydroxylation sites is 2. The van der Waals surface area contributed by atoms with Crippen molar-refractivity contribution >= 4 is 28.5 Å². The first-order valence-corrected chi connectivity index (χ1v) is 9.70. The van der Waals surface area contributed by atoms with Crippen LogP contribution in [-0.4, -0.2) is 13.1 Å². The molecule has 0 aliphatic carbocycles. The van der Waals surface area contributed by atoms with Gasteiger partial charge in [-0.1, -0.05) is 23.7 Å². The van der Waals surface area contributed by atoms with Gasteiger partial charge in [0.05, 0.1) is 18.1 Å². The minimum Gasteiger partial charge on any atom is -0.493 e. The van der Waals surface area contributed by atoms with E-state index in [2.05, 4.69) is 0 Å². The number of rotatable bonds is 5. The van der Waals surface area contributed by atoms with E-state index in [0.717, 1.165) is 0 Å². The summed E-state index contributed by atoms with van der Waals surface area (Å²) in [6, 6.07) is 17.9. The second-order valence-electron chi connectivity index (χ2n) is 6.62. The summed E-state index contributed by atoms with van der Waals surface area (Å²) in [7, 11) is 1.52. The van der Waals surface area contributed by atoms with Crippen LogP contribution in [0.3, 0.4) is 0 Å². The zero-order valence-corrected chi connectivity index (χ0v) is 17.4. The highest BCUT2D eigenvalue weighted by Crippen LogP contribution is 2.32. The van der Waals surface area contributed by atoms with Gasteiger partial charge < -0.3 is 18.6 Å². The molecule has 0 aliphatic heterocycles. The fourth-order valence-electron chi connectivity index (χ4n) is 3.01. The number of carbonyl (C=O) groups is 1. The third-order valence-electron chi connectivity index (χ3n) is 4.56. The summed E-state index contributed by atoms with van der Waals surface area (Å²) in [5.41, 5.74) is 0.277. The average Bonchev–Trinajstić information content (AvgIpc) is 2.77. The van der Waals surface area contributed by atoms with E-state index in [0.29, 0.717) is 27.5 Å². The van der Waals surface area contributed by atoms with E-state index < -0.39 is 5.97 Å². The minimum absolute atomic E-state index is 0.0582. The standard InChI is InChI=1S/C24H17ClO6/c1-14-23(31-20-6-4-3-5-19(20)28-2)22(26)18-12-11-17(13-21(18)29-14)30-24(27)15-7-9-16(25)10-8-15/h3-13H,1-2H3. The summed E-state index contributed by atoms with van der Waals surface area (Å²) in [5.74, 6) is 0.922. The van der Waals surface area contributed by atoms with E-state index in [1.165, 1.54) is 25.3 Å². The molecule has 0 fully saturated rings. The third-order valence-corrected chi connectivity index (χ3v) is 4.81. The Balaban J connectivity index is 1.65. The molecule has 31 heavy (non-hydrogen) atoms. The van der Waals surface area contributed by atoms with Crippen LogP contribution in [-0.2, 0) is 0 Å². The number of halogens is 1. The summed E-state index contributed by atoms with van der Waals surface area (Å²) in [6.07, 6.45) is 0. The first-order valence-electron chi connectivity index (χ1n) is 9.32. The van der Waals surface area contributed by atoms with E-state index in [4.69, 9.17) is 30.2 Å². The molecule has 0 radical (unpaired) electrons. The molecular formula is C24H17ClO6. The van der Waals surface area contributed by atoms with Crippen LogP contribution in [0.2, 0.25) is 5.02 Å². The van der Waals surface area contributed by atoms with Gasteiger partial charge in [-0.3, -0.25) is 4.79 Å². The number of benzene rings is 3. The van der Waals surface area contributed by atoms with Crippen molar-refractivity contribution in [1.29, 1.82) is 0 Å². The topological polar surface area (TPSA) is 75.0 Å². The average molecular weight is 437 g/mol. The SMILES string of the molecule is COc1ccccc1Oc1c(C)oc2cc(OC(=O)c3ccc(Cl)cc3)ccc2c1=O. The first-order chi connectivity index (χ1) is 15.0. The summed E-state index contributed by atoms with van der Waals surface area (Å²) in [5, 5.41) is 0.812. The molecule has 3 aromatic carbocycles. The van der Waals surface area contributed by atoms with Crippen molar-refractivity contribution < 1.29 is 23.4 Å².